The van der Waals surface area contributed by atoms with Crippen LogP contribution in [-0.2, 0) is 6.54 Å². The van der Waals surface area contributed by atoms with Crippen LogP contribution in [0.4, 0.5) is 0 Å². The Morgan fingerprint density at radius 2 is 2.50 bits per heavy atom. The Morgan fingerprint density at radius 3 is 3.00 bits per heavy atom. The van der Waals surface area contributed by atoms with Crippen molar-refractivity contribution in [2.24, 2.45) is 16.6 Å². The molecule has 0 unspecified atom stereocenters. The van der Waals surface area contributed by atoms with Crippen molar-refractivity contribution in [2.45, 2.75) is 20.4 Å². The van der Waals surface area contributed by atoms with Crippen molar-refractivity contribution in [3.63, 3.8) is 0 Å². The fourth-order valence-corrected chi connectivity index (χ4v) is 1.21. The first-order chi connectivity index (χ1) is 5.70. The normalized spacial score (nSPS) is 12.4. The Labute approximate surface area is 76.4 Å². The topological polar surface area (TPSA) is 51.3 Å². The molecule has 0 aliphatic carbocycles. The van der Waals surface area contributed by atoms with Gasteiger partial charge in [-0.25, -0.2) is 4.98 Å². The highest BCUT2D eigenvalue weighted by molar-refractivity contribution is 7.09. The van der Waals surface area contributed by atoms with Crippen LogP contribution in [-0.4, -0.2) is 10.8 Å². The molecule has 3 nitrogen and oxygen atoms in total. The predicted molar refractivity (Wildman–Crippen MR) is 52.3 cm³/mol. The summed E-state index contributed by atoms with van der Waals surface area (Å²) in [6, 6.07) is 0. The van der Waals surface area contributed by atoms with E-state index in [1.165, 1.54) is 0 Å². The van der Waals surface area contributed by atoms with Crippen LogP contribution in [0, 0.1) is 5.92 Å². The minimum Gasteiger partial charge on any atom is -0.387 e. The Bertz CT molecular complexity index is 251. The van der Waals surface area contributed by atoms with E-state index < -0.39 is 0 Å². The number of rotatable bonds is 3. The number of nitrogens with zero attached hydrogens (tertiary/aromatic N) is 2. The molecule has 66 valence electrons. The Hall–Kier alpha value is -0.900. The summed E-state index contributed by atoms with van der Waals surface area (Å²) in [5.74, 6) is 1.02. The first-order valence-corrected chi connectivity index (χ1v) is 4.76. The molecule has 0 aliphatic rings. The molecule has 0 amide bonds. The fourth-order valence-electron chi connectivity index (χ4n) is 0.673. The van der Waals surface area contributed by atoms with E-state index in [0.717, 1.165) is 5.01 Å². The third-order valence-electron chi connectivity index (χ3n) is 1.47. The maximum absolute atomic E-state index is 5.66. The Morgan fingerprint density at radius 1 is 1.75 bits per heavy atom. The molecule has 1 heterocycles. The van der Waals surface area contributed by atoms with Crippen molar-refractivity contribution in [3.8, 4) is 0 Å². The standard InChI is InChI=1S/C8H13N3S/c1-6(2)8(9)11-5-7-10-3-4-12-7/h3-4,6H,5H2,1-2H3,(H2,9,11). The average Bonchev–Trinajstić information content (AvgIpc) is 2.51. The van der Waals surface area contributed by atoms with E-state index in [4.69, 9.17) is 5.73 Å². The van der Waals surface area contributed by atoms with Gasteiger partial charge in [0.1, 0.15) is 5.01 Å². The van der Waals surface area contributed by atoms with Gasteiger partial charge in [-0.1, -0.05) is 13.8 Å². The summed E-state index contributed by atoms with van der Waals surface area (Å²) in [7, 11) is 0. The van der Waals surface area contributed by atoms with Crippen LogP contribution < -0.4 is 5.73 Å². The molecule has 12 heavy (non-hydrogen) atoms. The highest BCUT2D eigenvalue weighted by atomic mass is 32.1. The number of thiazole rings is 1. The third-order valence-corrected chi connectivity index (χ3v) is 2.24. The lowest BCUT2D eigenvalue weighted by Gasteiger charge is -2.01. The molecular formula is C8H13N3S. The minimum absolute atomic E-state index is 0.324. The van der Waals surface area contributed by atoms with Crippen LogP contribution in [0.1, 0.15) is 18.9 Å². The van der Waals surface area contributed by atoms with Gasteiger partial charge in [0.05, 0.1) is 12.4 Å². The zero-order valence-electron chi connectivity index (χ0n) is 7.32. The highest BCUT2D eigenvalue weighted by Gasteiger charge is 1.98. The molecule has 1 rings (SSSR count). The zero-order chi connectivity index (χ0) is 8.97. The Kier molecular flexibility index (Phi) is 3.22. The van der Waals surface area contributed by atoms with Gasteiger partial charge in [-0.15, -0.1) is 11.3 Å². The number of nitrogens with two attached hydrogens (primary N) is 1. The Balaban J connectivity index is 2.49. The SMILES string of the molecule is CC(C)C(N)=NCc1nccs1. The number of aliphatic imine (C=N–C) groups is 1. The minimum atomic E-state index is 0.324. The van der Waals surface area contributed by atoms with Crippen LogP contribution in [0.15, 0.2) is 16.6 Å². The maximum Gasteiger partial charge on any atom is 0.114 e. The quantitative estimate of drug-likeness (QED) is 0.572. The van der Waals surface area contributed by atoms with Crippen molar-refractivity contribution in [3.05, 3.63) is 16.6 Å². The van der Waals surface area contributed by atoms with Crippen LogP contribution in [0.3, 0.4) is 0 Å². The van der Waals surface area contributed by atoms with Crippen LogP contribution >= 0.6 is 11.3 Å². The number of hydrogen-bond acceptors (Lipinski definition) is 3. The second kappa shape index (κ2) is 4.21. The molecule has 2 N–H and O–H groups in total. The first-order valence-electron chi connectivity index (χ1n) is 3.88. The summed E-state index contributed by atoms with van der Waals surface area (Å²) in [5, 5.41) is 2.95. The maximum atomic E-state index is 5.66. The second-order valence-corrected chi connectivity index (χ2v) is 3.80. The van der Waals surface area contributed by atoms with Gasteiger partial charge in [0.25, 0.3) is 0 Å². The van der Waals surface area contributed by atoms with Gasteiger partial charge >= 0.3 is 0 Å². The summed E-state index contributed by atoms with van der Waals surface area (Å²) < 4.78 is 0. The molecule has 0 atom stereocenters. The monoisotopic (exact) mass is 183 g/mol. The van der Waals surface area contributed by atoms with Gasteiger partial charge in [0.2, 0.25) is 0 Å². The van der Waals surface area contributed by atoms with Crippen LogP contribution in [0.5, 0.6) is 0 Å². The summed E-state index contributed by atoms with van der Waals surface area (Å²) in [6.45, 7) is 4.67. The molecule has 0 fully saturated rings. The fraction of sp³-hybridized carbons (Fsp3) is 0.500. The molecule has 0 saturated carbocycles. The molecule has 0 spiro atoms. The zero-order valence-corrected chi connectivity index (χ0v) is 8.14. The van der Waals surface area contributed by atoms with Gasteiger partial charge in [-0.2, -0.15) is 0 Å². The number of aromatic nitrogens is 1. The molecule has 0 aromatic carbocycles. The summed E-state index contributed by atoms with van der Waals surface area (Å²) in [6.07, 6.45) is 1.78. The summed E-state index contributed by atoms with van der Waals surface area (Å²) in [5.41, 5.74) is 5.66. The van der Waals surface area contributed by atoms with Gasteiger partial charge in [0, 0.05) is 17.5 Å². The first kappa shape index (κ1) is 9.19. The van der Waals surface area contributed by atoms with Crippen molar-refractivity contribution in [1.82, 2.24) is 4.98 Å². The number of amidine groups is 1. The predicted octanol–water partition coefficient (Wildman–Crippen LogP) is 1.66. The van der Waals surface area contributed by atoms with Gasteiger partial charge in [0.15, 0.2) is 0 Å². The van der Waals surface area contributed by atoms with E-state index in [0.29, 0.717) is 18.3 Å². The van der Waals surface area contributed by atoms with Gasteiger partial charge in [-0.05, 0) is 0 Å². The smallest absolute Gasteiger partial charge is 0.114 e. The van der Waals surface area contributed by atoms with Crippen molar-refractivity contribution < 1.29 is 0 Å². The number of hydrogen-bond donors (Lipinski definition) is 1. The lowest BCUT2D eigenvalue weighted by atomic mass is 10.2. The molecule has 4 heteroatoms. The van der Waals surface area contributed by atoms with E-state index in [1.54, 1.807) is 17.5 Å². The molecule has 0 bridgehead atoms. The van der Waals surface area contributed by atoms with E-state index >= 15 is 0 Å². The largest absolute Gasteiger partial charge is 0.387 e. The van der Waals surface area contributed by atoms with Gasteiger partial charge in [-0.3, -0.25) is 4.99 Å². The molecule has 0 saturated heterocycles. The summed E-state index contributed by atoms with van der Waals surface area (Å²) in [4.78, 5) is 8.31. The molecule has 0 aliphatic heterocycles. The molecule has 0 radical (unpaired) electrons. The molecule has 1 aromatic heterocycles. The molecule has 1 aromatic rings. The van der Waals surface area contributed by atoms with Crippen molar-refractivity contribution in [2.75, 3.05) is 0 Å². The molecular weight excluding hydrogens is 170 g/mol. The van der Waals surface area contributed by atoms with E-state index in [1.807, 2.05) is 19.2 Å². The lowest BCUT2D eigenvalue weighted by Crippen LogP contribution is -2.18. The van der Waals surface area contributed by atoms with Gasteiger partial charge < -0.3 is 5.73 Å². The second-order valence-electron chi connectivity index (χ2n) is 2.82. The van der Waals surface area contributed by atoms with Crippen LogP contribution in [0.2, 0.25) is 0 Å². The van der Waals surface area contributed by atoms with E-state index in [9.17, 15) is 0 Å². The highest BCUT2D eigenvalue weighted by Crippen LogP contribution is 2.05. The lowest BCUT2D eigenvalue weighted by molar-refractivity contribution is 0.853. The average molecular weight is 183 g/mol. The van der Waals surface area contributed by atoms with E-state index in [-0.39, 0.29) is 0 Å². The van der Waals surface area contributed by atoms with Crippen LogP contribution in [0.25, 0.3) is 0 Å². The van der Waals surface area contributed by atoms with Crippen molar-refractivity contribution >= 4 is 17.2 Å². The summed E-state index contributed by atoms with van der Waals surface area (Å²) >= 11 is 1.60. The van der Waals surface area contributed by atoms with E-state index in [2.05, 4.69) is 9.98 Å². The third kappa shape index (κ3) is 2.62. The van der Waals surface area contributed by atoms with Crippen molar-refractivity contribution in [1.29, 1.82) is 0 Å².